The quantitative estimate of drug-likeness (QED) is 0.865. The van der Waals surface area contributed by atoms with Crippen molar-refractivity contribution >= 4 is 11.8 Å². The summed E-state index contributed by atoms with van der Waals surface area (Å²) in [5.74, 6) is 0.241. The molecular formula is C17H22N2O2. The molecule has 21 heavy (non-hydrogen) atoms. The Morgan fingerprint density at radius 3 is 2.33 bits per heavy atom. The van der Waals surface area contributed by atoms with E-state index in [0.717, 1.165) is 24.0 Å². The second-order valence-corrected chi connectivity index (χ2v) is 6.54. The van der Waals surface area contributed by atoms with Crippen molar-refractivity contribution in [2.45, 2.75) is 32.7 Å². The molecule has 2 aliphatic rings. The van der Waals surface area contributed by atoms with Gasteiger partial charge in [-0.1, -0.05) is 31.2 Å². The van der Waals surface area contributed by atoms with Gasteiger partial charge in [0, 0.05) is 12.6 Å². The first-order valence-corrected chi connectivity index (χ1v) is 7.65. The van der Waals surface area contributed by atoms with Crippen LogP contribution in [0.2, 0.25) is 0 Å². The fourth-order valence-electron chi connectivity index (χ4n) is 3.82. The highest BCUT2D eigenvalue weighted by atomic mass is 16.2. The number of nitrogens with zero attached hydrogens (tertiary/aromatic N) is 1. The zero-order valence-corrected chi connectivity index (χ0v) is 12.6. The van der Waals surface area contributed by atoms with Crippen molar-refractivity contribution in [3.8, 4) is 0 Å². The fourth-order valence-corrected chi connectivity index (χ4v) is 3.82. The Hall–Kier alpha value is -1.68. The van der Waals surface area contributed by atoms with Gasteiger partial charge < -0.3 is 5.73 Å². The summed E-state index contributed by atoms with van der Waals surface area (Å²) in [6.07, 6.45) is 1.68. The van der Waals surface area contributed by atoms with Gasteiger partial charge in [0.1, 0.15) is 0 Å². The van der Waals surface area contributed by atoms with Gasteiger partial charge in [0.05, 0.1) is 11.8 Å². The molecule has 2 N–H and O–H groups in total. The highest BCUT2D eigenvalue weighted by Crippen LogP contribution is 2.43. The van der Waals surface area contributed by atoms with Crippen LogP contribution in [0.5, 0.6) is 0 Å². The number of benzene rings is 1. The molecule has 3 unspecified atom stereocenters. The van der Waals surface area contributed by atoms with Gasteiger partial charge in [-0.15, -0.1) is 0 Å². The van der Waals surface area contributed by atoms with Gasteiger partial charge in [0.15, 0.2) is 0 Å². The average Bonchev–Trinajstić information content (AvgIpc) is 2.93. The first-order valence-electron chi connectivity index (χ1n) is 7.65. The van der Waals surface area contributed by atoms with E-state index in [4.69, 9.17) is 5.73 Å². The van der Waals surface area contributed by atoms with Gasteiger partial charge in [-0.3, -0.25) is 14.5 Å². The van der Waals surface area contributed by atoms with Crippen LogP contribution in [0.4, 0.5) is 0 Å². The number of fused-ring (bicyclic) bond motifs is 1. The van der Waals surface area contributed by atoms with E-state index < -0.39 is 0 Å². The molecule has 0 bridgehead atoms. The highest BCUT2D eigenvalue weighted by molar-refractivity contribution is 6.05. The molecule has 0 aromatic heterocycles. The third kappa shape index (κ3) is 2.38. The molecule has 4 heteroatoms. The maximum atomic E-state index is 12.4. The smallest absolute Gasteiger partial charge is 0.233 e. The lowest BCUT2D eigenvalue weighted by Gasteiger charge is -2.22. The van der Waals surface area contributed by atoms with Crippen LogP contribution < -0.4 is 5.73 Å². The van der Waals surface area contributed by atoms with Gasteiger partial charge >= 0.3 is 0 Å². The van der Waals surface area contributed by atoms with Gasteiger partial charge in [-0.25, -0.2) is 0 Å². The van der Waals surface area contributed by atoms with Crippen molar-refractivity contribution in [3.05, 3.63) is 35.4 Å². The van der Waals surface area contributed by atoms with E-state index in [9.17, 15) is 9.59 Å². The van der Waals surface area contributed by atoms with E-state index in [1.54, 1.807) is 0 Å². The third-order valence-electron chi connectivity index (χ3n) is 4.93. The number of likely N-dealkylation sites (tertiary alicyclic amines) is 1. The summed E-state index contributed by atoms with van der Waals surface area (Å²) in [5.41, 5.74) is 8.33. The van der Waals surface area contributed by atoms with Crippen LogP contribution in [-0.2, 0) is 9.59 Å². The van der Waals surface area contributed by atoms with Crippen LogP contribution >= 0.6 is 0 Å². The summed E-state index contributed by atoms with van der Waals surface area (Å²) in [6.45, 7) is 4.41. The second-order valence-electron chi connectivity index (χ2n) is 6.54. The van der Waals surface area contributed by atoms with Crippen LogP contribution in [0.25, 0.3) is 0 Å². The molecule has 1 aliphatic heterocycles. The Morgan fingerprint density at radius 2 is 1.76 bits per heavy atom. The first-order chi connectivity index (χ1) is 9.99. The molecule has 112 valence electrons. The fraction of sp³-hybridized carbons (Fsp3) is 0.529. The third-order valence-corrected chi connectivity index (χ3v) is 4.93. The van der Waals surface area contributed by atoms with Crippen molar-refractivity contribution in [1.29, 1.82) is 0 Å². The van der Waals surface area contributed by atoms with E-state index in [-0.39, 0.29) is 29.7 Å². The normalized spacial score (nSPS) is 29.9. The minimum Gasteiger partial charge on any atom is -0.322 e. The van der Waals surface area contributed by atoms with Gasteiger partial charge in [0.25, 0.3) is 0 Å². The Kier molecular flexibility index (Phi) is 3.57. The summed E-state index contributed by atoms with van der Waals surface area (Å²) in [7, 11) is 0. The summed E-state index contributed by atoms with van der Waals surface area (Å²) in [6, 6.07) is 7.55. The molecule has 2 fully saturated rings. The predicted octanol–water partition coefficient (Wildman–Crippen LogP) is 2.03. The molecule has 1 aliphatic carbocycles. The van der Waals surface area contributed by atoms with E-state index in [1.165, 1.54) is 4.90 Å². The second kappa shape index (κ2) is 5.26. The lowest BCUT2D eigenvalue weighted by atomic mass is 10.00. The number of aryl methyl sites for hydroxylation is 1. The van der Waals surface area contributed by atoms with Crippen LogP contribution in [-0.4, -0.2) is 23.3 Å². The summed E-state index contributed by atoms with van der Waals surface area (Å²) in [4.78, 5) is 26.3. The van der Waals surface area contributed by atoms with Crippen LogP contribution in [0.15, 0.2) is 24.3 Å². The highest BCUT2D eigenvalue weighted by Gasteiger charge is 2.51. The number of carbonyl (C=O) groups is 2. The molecule has 1 aromatic carbocycles. The Balaban J connectivity index is 1.76. The number of imide groups is 1. The Morgan fingerprint density at radius 1 is 1.19 bits per heavy atom. The molecule has 1 aromatic rings. The lowest BCUT2D eigenvalue weighted by molar-refractivity contribution is -0.140. The molecule has 1 saturated carbocycles. The van der Waals surface area contributed by atoms with Gasteiger partial charge in [-0.2, -0.15) is 0 Å². The van der Waals surface area contributed by atoms with Crippen molar-refractivity contribution in [3.63, 3.8) is 0 Å². The monoisotopic (exact) mass is 286 g/mol. The maximum absolute atomic E-state index is 12.4. The lowest BCUT2D eigenvalue weighted by Crippen LogP contribution is -2.38. The Bertz CT molecular complexity index is 560. The first kappa shape index (κ1) is 14.3. The molecule has 0 spiro atoms. The summed E-state index contributed by atoms with van der Waals surface area (Å²) in [5, 5.41) is 0. The van der Waals surface area contributed by atoms with E-state index in [0.29, 0.717) is 12.5 Å². The van der Waals surface area contributed by atoms with Crippen molar-refractivity contribution in [2.24, 2.45) is 23.5 Å². The molecule has 0 radical (unpaired) electrons. The molecule has 4 nitrogen and oxygen atoms in total. The van der Waals surface area contributed by atoms with Crippen molar-refractivity contribution in [1.82, 2.24) is 4.90 Å². The zero-order chi connectivity index (χ0) is 15.1. The van der Waals surface area contributed by atoms with Gasteiger partial charge in [-0.05, 0) is 36.8 Å². The molecule has 3 rings (SSSR count). The van der Waals surface area contributed by atoms with E-state index in [1.807, 2.05) is 31.2 Å². The Labute approximate surface area is 125 Å². The largest absolute Gasteiger partial charge is 0.322 e. The van der Waals surface area contributed by atoms with Crippen LogP contribution in [0.3, 0.4) is 0 Å². The molecule has 2 amide bonds. The number of rotatable bonds is 3. The minimum atomic E-state index is -0.310. The number of hydrogen-bond acceptors (Lipinski definition) is 3. The van der Waals surface area contributed by atoms with Crippen molar-refractivity contribution < 1.29 is 9.59 Å². The zero-order valence-electron chi connectivity index (χ0n) is 12.6. The summed E-state index contributed by atoms with van der Waals surface area (Å²) >= 11 is 0. The van der Waals surface area contributed by atoms with E-state index in [2.05, 4.69) is 6.92 Å². The topological polar surface area (TPSA) is 63.4 Å². The molecular weight excluding hydrogens is 264 g/mol. The number of nitrogens with two attached hydrogens (primary N) is 1. The number of hydrogen-bond donors (Lipinski definition) is 1. The van der Waals surface area contributed by atoms with Crippen LogP contribution in [0.1, 0.15) is 36.9 Å². The number of amides is 2. The van der Waals surface area contributed by atoms with Gasteiger partial charge in [0.2, 0.25) is 11.8 Å². The standard InChI is InChI=1S/C17H22N2O2/c1-10-7-13-14(8-10)17(21)19(16(13)20)9-15(18)12-6-4-3-5-11(12)2/h3-6,10,13-15H,7-9,18H2,1-2H3. The average molecular weight is 286 g/mol. The minimum absolute atomic E-state index is 0.0154. The number of carbonyl (C=O) groups excluding carboxylic acids is 2. The maximum Gasteiger partial charge on any atom is 0.233 e. The SMILES string of the molecule is Cc1ccccc1C(N)CN1C(=O)C2CC(C)CC2C1=O. The van der Waals surface area contributed by atoms with Crippen LogP contribution in [0, 0.1) is 24.7 Å². The van der Waals surface area contributed by atoms with E-state index >= 15 is 0 Å². The molecule has 1 heterocycles. The molecule has 3 atom stereocenters. The summed E-state index contributed by atoms with van der Waals surface area (Å²) < 4.78 is 0. The predicted molar refractivity (Wildman–Crippen MR) is 80.2 cm³/mol. The molecule has 1 saturated heterocycles. The van der Waals surface area contributed by atoms with Crippen molar-refractivity contribution in [2.75, 3.05) is 6.54 Å².